The number of nitrogens with one attached hydrogen (secondary N) is 1. The van der Waals surface area contributed by atoms with Crippen molar-refractivity contribution in [3.05, 3.63) is 23.8 Å². The zero-order valence-electron chi connectivity index (χ0n) is 14.1. The Labute approximate surface area is 128 Å². The largest absolute Gasteiger partial charge is 0.307 e. The number of piperazine rings is 1. The molecule has 1 fully saturated rings. The molecular weight excluding hydrogens is 262 g/mol. The van der Waals surface area contributed by atoms with Gasteiger partial charge in [-0.05, 0) is 34.7 Å². The lowest BCUT2D eigenvalue weighted by Crippen LogP contribution is -2.57. The second-order valence-electron chi connectivity index (χ2n) is 6.73. The highest BCUT2D eigenvalue weighted by atomic mass is 15.3. The van der Waals surface area contributed by atoms with Crippen LogP contribution in [0.5, 0.6) is 0 Å². The van der Waals surface area contributed by atoms with E-state index in [1.807, 2.05) is 6.92 Å². The van der Waals surface area contributed by atoms with Crippen molar-refractivity contribution < 1.29 is 0 Å². The summed E-state index contributed by atoms with van der Waals surface area (Å²) in [4.78, 5) is 13.8. The van der Waals surface area contributed by atoms with E-state index < -0.39 is 0 Å². The molecule has 0 bridgehead atoms. The Kier molecular flexibility index (Phi) is 5.30. The fraction of sp³-hybridized carbons (Fsp3) is 0.750. The number of nitrogens with zero attached hydrogens (tertiary/aromatic N) is 4. The summed E-state index contributed by atoms with van der Waals surface area (Å²) in [6, 6.07) is 0.227. The Hall–Kier alpha value is -1.04. The first-order valence-corrected chi connectivity index (χ1v) is 7.84. The van der Waals surface area contributed by atoms with Crippen LogP contribution in [0.4, 0.5) is 0 Å². The second kappa shape index (κ2) is 6.81. The molecule has 0 amide bonds. The van der Waals surface area contributed by atoms with Crippen molar-refractivity contribution in [3.8, 4) is 0 Å². The van der Waals surface area contributed by atoms with E-state index in [2.05, 4.69) is 52.9 Å². The monoisotopic (exact) mass is 291 g/mol. The predicted molar refractivity (Wildman–Crippen MR) is 86.3 cm³/mol. The van der Waals surface area contributed by atoms with Crippen LogP contribution in [0.1, 0.15) is 38.2 Å². The SMILES string of the molecule is Cc1nccnc1C(C)NCC(C)(C)N1CCN(C)CC1. The van der Waals surface area contributed by atoms with Gasteiger partial charge < -0.3 is 10.2 Å². The summed E-state index contributed by atoms with van der Waals surface area (Å²) in [7, 11) is 2.20. The van der Waals surface area contributed by atoms with Gasteiger partial charge in [-0.3, -0.25) is 14.9 Å². The number of likely N-dealkylation sites (N-methyl/N-ethyl adjacent to an activating group) is 1. The molecule has 0 spiro atoms. The van der Waals surface area contributed by atoms with Gasteiger partial charge in [0.15, 0.2) is 0 Å². The maximum absolute atomic E-state index is 4.46. The van der Waals surface area contributed by atoms with Gasteiger partial charge in [-0.25, -0.2) is 0 Å². The molecule has 0 aromatic carbocycles. The highest BCUT2D eigenvalue weighted by molar-refractivity contribution is 5.12. The van der Waals surface area contributed by atoms with Crippen molar-refractivity contribution in [1.29, 1.82) is 0 Å². The van der Waals surface area contributed by atoms with Gasteiger partial charge in [0.05, 0.1) is 11.4 Å². The topological polar surface area (TPSA) is 44.3 Å². The van der Waals surface area contributed by atoms with E-state index in [-0.39, 0.29) is 11.6 Å². The van der Waals surface area contributed by atoms with Gasteiger partial charge in [0.2, 0.25) is 0 Å². The Morgan fingerprint density at radius 3 is 2.43 bits per heavy atom. The lowest BCUT2D eigenvalue weighted by molar-refractivity contribution is 0.0604. The number of rotatable bonds is 5. The van der Waals surface area contributed by atoms with E-state index in [1.54, 1.807) is 12.4 Å². The maximum atomic E-state index is 4.46. The molecule has 1 aliphatic rings. The lowest BCUT2D eigenvalue weighted by atomic mass is 10.0. The Morgan fingerprint density at radius 2 is 1.81 bits per heavy atom. The highest BCUT2D eigenvalue weighted by Crippen LogP contribution is 2.18. The summed E-state index contributed by atoms with van der Waals surface area (Å²) in [6.07, 6.45) is 3.52. The van der Waals surface area contributed by atoms with Crippen LogP contribution in [0.15, 0.2) is 12.4 Å². The molecule has 118 valence electrons. The first-order chi connectivity index (χ1) is 9.90. The summed E-state index contributed by atoms with van der Waals surface area (Å²) in [6.45, 7) is 14.4. The minimum atomic E-state index is 0.158. The molecule has 1 N–H and O–H groups in total. The minimum absolute atomic E-state index is 0.158. The molecule has 1 unspecified atom stereocenters. The van der Waals surface area contributed by atoms with E-state index in [9.17, 15) is 0 Å². The third-order valence-corrected chi connectivity index (χ3v) is 4.53. The molecule has 2 rings (SSSR count). The smallest absolute Gasteiger partial charge is 0.0782 e. The van der Waals surface area contributed by atoms with Crippen molar-refractivity contribution in [3.63, 3.8) is 0 Å². The standard InChI is InChI=1S/C16H29N5/c1-13-15(18-7-6-17-13)14(2)19-12-16(3,4)21-10-8-20(5)9-11-21/h6-7,14,19H,8-12H2,1-5H3. The molecule has 5 heteroatoms. The average Bonchev–Trinajstić information content (AvgIpc) is 2.46. The van der Waals surface area contributed by atoms with Crippen LogP contribution in [-0.4, -0.2) is 65.1 Å². The molecule has 1 atom stereocenters. The van der Waals surface area contributed by atoms with Gasteiger partial charge in [0.25, 0.3) is 0 Å². The number of hydrogen-bond donors (Lipinski definition) is 1. The van der Waals surface area contributed by atoms with Crippen molar-refractivity contribution in [1.82, 2.24) is 25.1 Å². The predicted octanol–water partition coefficient (Wildman–Crippen LogP) is 1.46. The highest BCUT2D eigenvalue weighted by Gasteiger charge is 2.29. The molecule has 0 radical (unpaired) electrons. The summed E-state index contributed by atoms with van der Waals surface area (Å²) in [5.41, 5.74) is 2.22. The van der Waals surface area contributed by atoms with Crippen molar-refractivity contribution in [2.45, 2.75) is 39.3 Å². The Bertz CT molecular complexity index is 452. The Morgan fingerprint density at radius 1 is 1.19 bits per heavy atom. The van der Waals surface area contributed by atoms with Crippen molar-refractivity contribution in [2.75, 3.05) is 39.8 Å². The lowest BCUT2D eigenvalue weighted by Gasteiger charge is -2.43. The molecular formula is C16H29N5. The van der Waals surface area contributed by atoms with Crippen LogP contribution >= 0.6 is 0 Å². The molecule has 0 aliphatic carbocycles. The fourth-order valence-electron chi connectivity index (χ4n) is 2.87. The molecule has 0 saturated carbocycles. The van der Waals surface area contributed by atoms with Gasteiger partial charge in [0, 0.05) is 56.7 Å². The van der Waals surface area contributed by atoms with Gasteiger partial charge in [0.1, 0.15) is 0 Å². The Balaban J connectivity index is 1.90. The molecule has 1 aromatic heterocycles. The van der Waals surface area contributed by atoms with E-state index in [0.717, 1.165) is 44.1 Å². The zero-order valence-corrected chi connectivity index (χ0v) is 14.1. The third-order valence-electron chi connectivity index (χ3n) is 4.53. The van der Waals surface area contributed by atoms with E-state index in [0.29, 0.717) is 0 Å². The normalized spacial score (nSPS) is 19.7. The maximum Gasteiger partial charge on any atom is 0.0782 e. The summed E-state index contributed by atoms with van der Waals surface area (Å²) in [5.74, 6) is 0. The van der Waals surface area contributed by atoms with Gasteiger partial charge >= 0.3 is 0 Å². The van der Waals surface area contributed by atoms with E-state index in [1.165, 1.54) is 0 Å². The molecule has 1 aliphatic heterocycles. The molecule has 1 saturated heterocycles. The van der Waals surface area contributed by atoms with Crippen LogP contribution in [0.3, 0.4) is 0 Å². The van der Waals surface area contributed by atoms with Gasteiger partial charge in [-0.2, -0.15) is 0 Å². The first kappa shape index (κ1) is 16.3. The van der Waals surface area contributed by atoms with Crippen molar-refractivity contribution >= 4 is 0 Å². The number of aromatic nitrogens is 2. The van der Waals surface area contributed by atoms with E-state index >= 15 is 0 Å². The van der Waals surface area contributed by atoms with Crippen LogP contribution in [0.2, 0.25) is 0 Å². The molecule has 21 heavy (non-hydrogen) atoms. The summed E-state index contributed by atoms with van der Waals surface area (Å²) in [5, 5.41) is 3.63. The number of aryl methyl sites for hydroxylation is 1. The van der Waals surface area contributed by atoms with E-state index in [4.69, 9.17) is 0 Å². The average molecular weight is 291 g/mol. The molecule has 2 heterocycles. The fourth-order valence-corrected chi connectivity index (χ4v) is 2.87. The summed E-state index contributed by atoms with van der Waals surface area (Å²) >= 11 is 0. The van der Waals surface area contributed by atoms with Crippen LogP contribution < -0.4 is 5.32 Å². The number of hydrogen-bond acceptors (Lipinski definition) is 5. The molecule has 5 nitrogen and oxygen atoms in total. The first-order valence-electron chi connectivity index (χ1n) is 7.84. The van der Waals surface area contributed by atoms with Crippen LogP contribution in [0.25, 0.3) is 0 Å². The minimum Gasteiger partial charge on any atom is -0.307 e. The van der Waals surface area contributed by atoms with Gasteiger partial charge in [-0.15, -0.1) is 0 Å². The third kappa shape index (κ3) is 4.22. The zero-order chi connectivity index (χ0) is 15.5. The van der Waals surface area contributed by atoms with Crippen LogP contribution in [-0.2, 0) is 0 Å². The van der Waals surface area contributed by atoms with Gasteiger partial charge in [-0.1, -0.05) is 0 Å². The molecule has 1 aromatic rings. The second-order valence-corrected chi connectivity index (χ2v) is 6.73. The van der Waals surface area contributed by atoms with Crippen molar-refractivity contribution in [2.24, 2.45) is 0 Å². The quantitative estimate of drug-likeness (QED) is 0.890. The van der Waals surface area contributed by atoms with Crippen LogP contribution in [0, 0.1) is 6.92 Å². The summed E-state index contributed by atoms with van der Waals surface area (Å²) < 4.78 is 0.